The van der Waals surface area contributed by atoms with E-state index in [0.29, 0.717) is 30.3 Å². The summed E-state index contributed by atoms with van der Waals surface area (Å²) in [4.78, 5) is 108. The van der Waals surface area contributed by atoms with Crippen LogP contribution >= 0.6 is 23.5 Å². The largest absolute Gasteiger partial charge is 0.490 e. The van der Waals surface area contributed by atoms with Gasteiger partial charge in [0.1, 0.15) is 41.9 Å². The number of aromatic nitrogens is 6. The first-order valence-corrected chi connectivity index (χ1v) is 22.7. The fourth-order valence-corrected chi connectivity index (χ4v) is 8.75. The zero-order valence-electron chi connectivity index (χ0n) is 33.2. The number of nitrogens with two attached hydrogens (primary N) is 2. The minimum Gasteiger partial charge on any atom is -0.483 e. The first-order valence-electron chi connectivity index (χ1n) is 18.1. The number of imidazole rings is 1. The summed E-state index contributed by atoms with van der Waals surface area (Å²) >= 11 is 0. The van der Waals surface area contributed by atoms with E-state index < -0.39 is 78.5 Å². The fourth-order valence-electron chi connectivity index (χ4n) is 5.72. The van der Waals surface area contributed by atoms with Crippen LogP contribution in [0.3, 0.4) is 0 Å². The Morgan fingerprint density at radius 2 is 1.67 bits per heavy atom. The van der Waals surface area contributed by atoms with E-state index in [4.69, 9.17) is 51.0 Å². The standard InChI is InChI=1S/C19H23N7O6.C10H16N5O13P3.CH2O2/c20-19-25-15-14(17(30)26-19)23-11(8-22-15)7-21-10-3-1-9(2-4-10)16(29)24-12(18(31)32)5-6-13(27)28;11-8-5-9(13-2-12-8)15(3-14-5)10-7(17)6(16)4(26-10)1-25-30(21,22)28-31(23,24)27-29(18,19)20;2-1-3/h1-4,11-12,21,23H,5-8H2,(H,24,29)(H,27,28)(H,31,32)(H4,20,22,25,26,30);2-4,6-7,10,16-17H,1H2,(H,21,22)(H,23,24)(H2,11,12,13)(H2,18,19,20);1H,(H,2,3)/t;4-,6-,7-,10-;/m.1./s1. The van der Waals surface area contributed by atoms with Crippen molar-refractivity contribution in [2.24, 2.45) is 0 Å². The third kappa shape index (κ3) is 14.9. The normalized spacial score (nSPS) is 21.0. The predicted octanol–water partition coefficient (Wildman–Crippen LogP) is -2.21. The second kappa shape index (κ2) is 22.3. The number of amides is 1. The molecule has 8 atom stereocenters. The van der Waals surface area contributed by atoms with Crippen LogP contribution < -0.4 is 38.3 Å². The molecular weight excluding hydrogens is 957 g/mol. The molecule has 1 fully saturated rings. The van der Waals surface area contributed by atoms with Crippen LogP contribution in [-0.2, 0) is 46.0 Å². The minimum absolute atomic E-state index is 0.0281. The molecule has 0 spiro atoms. The highest BCUT2D eigenvalue weighted by Gasteiger charge is 2.47. The molecule has 0 bridgehead atoms. The van der Waals surface area contributed by atoms with Gasteiger partial charge in [-0.15, -0.1) is 0 Å². The number of aliphatic hydroxyl groups excluding tert-OH is 2. The summed E-state index contributed by atoms with van der Waals surface area (Å²) in [6.07, 6.45) is -4.28. The summed E-state index contributed by atoms with van der Waals surface area (Å²) < 4.78 is 51.9. The molecule has 2 aliphatic rings. The number of nitrogens with zero attached hydrogens (tertiary/aromatic N) is 5. The number of nitrogen functional groups attached to an aromatic ring is 2. The average molecular weight is 999 g/mol. The van der Waals surface area contributed by atoms with Gasteiger partial charge in [0.15, 0.2) is 23.5 Å². The van der Waals surface area contributed by atoms with E-state index in [0.717, 1.165) is 6.33 Å². The molecule has 36 heteroatoms. The lowest BCUT2D eigenvalue weighted by atomic mass is 10.1. The second-order valence-corrected chi connectivity index (χ2v) is 17.7. The molecule has 5 heterocycles. The van der Waals surface area contributed by atoms with Gasteiger partial charge < -0.3 is 82.6 Å². The van der Waals surface area contributed by atoms with Gasteiger partial charge in [-0.2, -0.15) is 13.6 Å². The lowest BCUT2D eigenvalue weighted by Gasteiger charge is -2.27. The lowest BCUT2D eigenvalue weighted by Crippen LogP contribution is -2.41. The van der Waals surface area contributed by atoms with Crippen LogP contribution in [0, 0.1) is 0 Å². The van der Waals surface area contributed by atoms with Crippen LogP contribution in [0.15, 0.2) is 41.7 Å². The summed E-state index contributed by atoms with van der Waals surface area (Å²) in [7, 11) is -16.7. The van der Waals surface area contributed by atoms with Gasteiger partial charge in [-0.3, -0.25) is 33.3 Å². The number of aliphatic hydroxyl groups is 2. The monoisotopic (exact) mass is 998 g/mol. The topological polar surface area (TPSA) is 528 Å². The Balaban J connectivity index is 0.000000272. The number of anilines is 5. The molecule has 4 unspecified atom stereocenters. The molecular formula is C30H41N12O21P3. The van der Waals surface area contributed by atoms with Crippen LogP contribution in [0.4, 0.5) is 29.0 Å². The number of aromatic amines is 1. The number of carbonyl (C=O) groups excluding carboxylic acids is 1. The van der Waals surface area contributed by atoms with E-state index in [1.54, 1.807) is 12.1 Å². The Bertz CT molecular complexity index is 2580. The molecule has 1 aromatic carbocycles. The molecule has 3 aromatic heterocycles. The molecule has 0 radical (unpaired) electrons. The number of ether oxygens (including phenoxy) is 1. The van der Waals surface area contributed by atoms with E-state index >= 15 is 0 Å². The Hall–Kier alpha value is -6.18. The van der Waals surface area contributed by atoms with Crippen molar-refractivity contribution in [1.82, 2.24) is 34.8 Å². The molecule has 18 N–H and O–H groups in total. The van der Waals surface area contributed by atoms with Crippen molar-refractivity contribution in [3.8, 4) is 0 Å². The number of hydrogen-bond acceptors (Lipinski definition) is 23. The zero-order valence-corrected chi connectivity index (χ0v) is 35.9. The van der Waals surface area contributed by atoms with Crippen molar-refractivity contribution in [1.29, 1.82) is 0 Å². The van der Waals surface area contributed by atoms with Crippen LogP contribution in [0.2, 0.25) is 0 Å². The number of phosphoric ester groups is 1. The van der Waals surface area contributed by atoms with Gasteiger partial charge in [0.05, 0.1) is 19.0 Å². The van der Waals surface area contributed by atoms with E-state index in [1.807, 2.05) is 0 Å². The highest BCUT2D eigenvalue weighted by atomic mass is 31.3. The highest BCUT2D eigenvalue weighted by Crippen LogP contribution is 2.66. The first kappa shape index (κ1) is 52.4. The van der Waals surface area contributed by atoms with E-state index in [-0.39, 0.29) is 59.4 Å². The van der Waals surface area contributed by atoms with Gasteiger partial charge in [0, 0.05) is 30.8 Å². The molecule has 2 aliphatic heterocycles. The summed E-state index contributed by atoms with van der Waals surface area (Å²) in [6.45, 7) is -0.246. The number of aliphatic carboxylic acids is 2. The average Bonchev–Trinajstić information content (AvgIpc) is 3.77. The summed E-state index contributed by atoms with van der Waals surface area (Å²) in [5.74, 6) is -2.60. The van der Waals surface area contributed by atoms with Crippen molar-refractivity contribution in [2.75, 3.05) is 47.1 Å². The van der Waals surface area contributed by atoms with Gasteiger partial charge in [-0.1, -0.05) is 0 Å². The van der Waals surface area contributed by atoms with Crippen LogP contribution in [0.5, 0.6) is 0 Å². The molecule has 362 valence electrons. The van der Waals surface area contributed by atoms with Crippen LogP contribution in [-0.4, -0.2) is 149 Å². The van der Waals surface area contributed by atoms with Gasteiger partial charge in [-0.25, -0.2) is 33.4 Å². The number of hydrogen-bond donors (Lipinski definition) is 16. The Kier molecular flexibility index (Phi) is 17.8. The molecule has 4 aromatic rings. The number of fused-ring (bicyclic) bond motifs is 2. The van der Waals surface area contributed by atoms with Crippen LogP contribution in [0.25, 0.3) is 11.2 Å². The van der Waals surface area contributed by atoms with E-state index in [1.165, 1.54) is 23.0 Å². The maximum Gasteiger partial charge on any atom is 0.490 e. The molecule has 66 heavy (non-hydrogen) atoms. The number of nitrogens with one attached hydrogen (secondary N) is 5. The molecule has 33 nitrogen and oxygen atoms in total. The number of carbonyl (C=O) groups is 4. The maximum atomic E-state index is 12.3. The SMILES string of the molecule is Nc1nc2c(c(=O)[nH]1)NC(CNc1ccc(C(=O)NC(CCC(=O)O)C(=O)O)cc1)CN2.Nc1ncnc2c1ncn2[C@@H]1O[C@H](COP(=O)(O)OP(=O)(O)OP(=O)(O)O)[C@@H](O)[C@H]1O.O=CO. The number of benzene rings is 1. The summed E-state index contributed by atoms with van der Waals surface area (Å²) in [5.41, 5.74) is 12.4. The van der Waals surface area contributed by atoms with Crippen LogP contribution in [0.1, 0.15) is 29.4 Å². The number of carboxylic acid groups (broad SMARTS) is 3. The Morgan fingerprint density at radius 3 is 2.29 bits per heavy atom. The Morgan fingerprint density at radius 1 is 1.00 bits per heavy atom. The first-order chi connectivity index (χ1) is 30.8. The van der Waals surface area contributed by atoms with Gasteiger partial charge in [0.25, 0.3) is 17.9 Å². The quantitative estimate of drug-likeness (QED) is 0.0394. The summed E-state index contributed by atoms with van der Waals surface area (Å²) in [6, 6.07) is 4.93. The zero-order chi connectivity index (χ0) is 49.1. The van der Waals surface area contributed by atoms with Crippen molar-refractivity contribution < 1.29 is 95.9 Å². The predicted molar refractivity (Wildman–Crippen MR) is 220 cm³/mol. The number of H-pyrrole nitrogens is 1. The molecule has 1 amide bonds. The van der Waals surface area contributed by atoms with Crippen molar-refractivity contribution in [2.45, 2.75) is 49.5 Å². The second-order valence-electron chi connectivity index (χ2n) is 13.3. The maximum absolute atomic E-state index is 12.3. The number of rotatable bonds is 17. The van der Waals surface area contributed by atoms with Gasteiger partial charge in [0.2, 0.25) is 5.95 Å². The molecule has 0 saturated carbocycles. The van der Waals surface area contributed by atoms with Gasteiger partial charge in [-0.05, 0) is 30.7 Å². The third-order valence-electron chi connectivity index (χ3n) is 8.57. The van der Waals surface area contributed by atoms with Gasteiger partial charge >= 0.3 is 35.4 Å². The lowest BCUT2D eigenvalue weighted by molar-refractivity contribution is -0.140. The molecule has 6 rings (SSSR count). The molecule has 1 saturated heterocycles. The van der Waals surface area contributed by atoms with E-state index in [9.17, 15) is 48.0 Å². The third-order valence-corrected chi connectivity index (χ3v) is 12.4. The van der Waals surface area contributed by atoms with Crippen molar-refractivity contribution >= 4 is 87.9 Å². The van der Waals surface area contributed by atoms with Crippen molar-refractivity contribution in [3.05, 3.63) is 52.8 Å². The smallest absolute Gasteiger partial charge is 0.483 e. The molecule has 0 aliphatic carbocycles. The van der Waals surface area contributed by atoms with E-state index in [2.05, 4.69) is 59.3 Å². The summed E-state index contributed by atoms with van der Waals surface area (Å²) in [5, 5.41) is 56.8. The minimum atomic E-state index is -5.70. The Labute approximate surface area is 367 Å². The fraction of sp³-hybridized carbons (Fsp3) is 0.367. The number of carboxylic acids is 2. The number of phosphoric acid groups is 3. The highest BCUT2D eigenvalue weighted by molar-refractivity contribution is 7.66. The van der Waals surface area contributed by atoms with Crippen molar-refractivity contribution in [3.63, 3.8) is 0 Å².